The smallest absolute Gasteiger partial charge is 0.358 e. The Bertz CT molecular complexity index is 1770. The summed E-state index contributed by atoms with van der Waals surface area (Å²) >= 11 is 8.13. The molecular formula is C40H41F6P3PtS2. The zero-order valence-electron chi connectivity index (χ0n) is 29.0. The summed E-state index contributed by atoms with van der Waals surface area (Å²) in [5, 5.41) is 7.98. The molecule has 0 atom stereocenters. The molecule has 0 nitrogen and oxygen atoms in total. The second-order valence-electron chi connectivity index (χ2n) is 10.3. The molecule has 0 aromatic heterocycles. The molecule has 0 heterocycles. The minimum atomic E-state index is -10.7. The quantitative estimate of drug-likeness (QED) is 0.0677. The van der Waals surface area contributed by atoms with Gasteiger partial charge in [0.25, 0.3) is 0 Å². The van der Waals surface area contributed by atoms with Crippen molar-refractivity contribution in [2.75, 3.05) is 6.26 Å². The number of thioether (sulfide) groups is 1. The van der Waals surface area contributed by atoms with E-state index in [1.54, 1.807) is 11.8 Å². The molecule has 0 fully saturated rings. The van der Waals surface area contributed by atoms with Crippen molar-refractivity contribution in [2.24, 2.45) is 0 Å². The van der Waals surface area contributed by atoms with Gasteiger partial charge in [-0.25, -0.2) is 0 Å². The Morgan fingerprint density at radius 2 is 0.712 bits per heavy atom. The van der Waals surface area contributed by atoms with E-state index < -0.39 is 21.8 Å². The normalized spacial score (nSPS) is 11.8. The molecule has 0 aliphatic carbocycles. The van der Waals surface area contributed by atoms with Gasteiger partial charge in [0.1, 0.15) is 0 Å². The summed E-state index contributed by atoms with van der Waals surface area (Å²) in [5.74, 6) is 0. The molecule has 0 saturated heterocycles. The van der Waals surface area contributed by atoms with Crippen molar-refractivity contribution >= 4 is 77.2 Å². The van der Waals surface area contributed by atoms with Crippen molar-refractivity contribution in [3.05, 3.63) is 198 Å². The second-order valence-corrected chi connectivity index (χ2v) is 19.6. The molecule has 280 valence electrons. The minimum absolute atomic E-state index is 0. The predicted molar refractivity (Wildman–Crippen MR) is 222 cm³/mol. The van der Waals surface area contributed by atoms with E-state index in [1.807, 2.05) is 0 Å². The van der Waals surface area contributed by atoms with Crippen LogP contribution in [0, 0.1) is 22.3 Å². The molecule has 0 amide bonds. The summed E-state index contributed by atoms with van der Waals surface area (Å²) in [4.78, 5) is 1.28. The predicted octanol–water partition coefficient (Wildman–Crippen LogP) is 12.3. The number of hydrogen-bond acceptors (Lipinski definition) is 2. The Kier molecular flexibility index (Phi) is 19.8. The van der Waals surface area contributed by atoms with E-state index in [-0.39, 0.29) is 43.3 Å². The van der Waals surface area contributed by atoms with Crippen molar-refractivity contribution in [1.82, 2.24) is 0 Å². The van der Waals surface area contributed by atoms with E-state index in [1.165, 1.54) is 36.7 Å². The van der Waals surface area contributed by atoms with Crippen LogP contribution in [0.3, 0.4) is 0 Å². The zero-order chi connectivity index (χ0) is 34.7. The van der Waals surface area contributed by atoms with Crippen LogP contribution in [-0.2, 0) is 32.9 Å². The topological polar surface area (TPSA) is 0 Å². The molecular weight excluding hydrogens is 947 g/mol. The Hall–Kier alpha value is -2.55. The molecule has 0 N–H and O–H groups in total. The maximum absolute atomic E-state index is 10.7. The van der Waals surface area contributed by atoms with Gasteiger partial charge in [-0.05, 0) is 46.8 Å². The van der Waals surface area contributed by atoms with Gasteiger partial charge in [0.05, 0.1) is 0 Å². The Morgan fingerprint density at radius 3 is 1.00 bits per heavy atom. The summed E-state index contributed by atoms with van der Waals surface area (Å²) in [5.41, 5.74) is 0. The number of hydrogen-bond donors (Lipinski definition) is 0. The van der Waals surface area contributed by atoms with E-state index in [2.05, 4.69) is 182 Å². The maximum Gasteiger partial charge on any atom is 4.00 e. The van der Waals surface area contributed by atoms with E-state index in [0.717, 1.165) is 0 Å². The summed E-state index contributed by atoms with van der Waals surface area (Å²) < 4.78 is 59.2. The van der Waals surface area contributed by atoms with Crippen molar-refractivity contribution in [3.63, 3.8) is 0 Å². The van der Waals surface area contributed by atoms with Crippen LogP contribution >= 0.6 is 33.5 Å². The fraction of sp³-hybridized carbons (Fsp3) is 0.0250. The molecule has 0 spiro atoms. The van der Waals surface area contributed by atoms with Crippen molar-refractivity contribution in [3.8, 4) is 0 Å². The molecule has 0 saturated carbocycles. The van der Waals surface area contributed by atoms with Crippen LogP contribution in [0.1, 0.15) is 0 Å². The van der Waals surface area contributed by atoms with Crippen LogP contribution in [0.15, 0.2) is 181 Å². The molecule has 6 aromatic rings. The Morgan fingerprint density at radius 1 is 0.462 bits per heavy atom. The average molecular weight is 988 g/mol. The third-order valence-electron chi connectivity index (χ3n) is 6.71. The Labute approximate surface area is 330 Å². The third-order valence-corrected chi connectivity index (χ3v) is 15.1. The molecule has 0 radical (unpaired) electrons. The average Bonchev–Trinajstić information content (AvgIpc) is 3.09. The number of halogens is 6. The van der Waals surface area contributed by atoms with Crippen molar-refractivity contribution < 1.29 is 46.2 Å². The van der Waals surface area contributed by atoms with E-state index in [4.69, 9.17) is 11.8 Å². The molecule has 0 bridgehead atoms. The first kappa shape index (κ1) is 49.4. The molecule has 6 aromatic carbocycles. The van der Waals surface area contributed by atoms with Gasteiger partial charge in [-0.1, -0.05) is 182 Å². The minimum Gasteiger partial charge on any atom is -0.358 e. The van der Waals surface area contributed by atoms with Gasteiger partial charge in [0, 0.05) is 16.2 Å². The zero-order valence-corrected chi connectivity index (χ0v) is 35.6. The fourth-order valence-electron chi connectivity index (χ4n) is 4.77. The maximum atomic E-state index is 9.87. The van der Waals surface area contributed by atoms with Crippen molar-refractivity contribution in [2.45, 2.75) is 4.90 Å². The molecule has 0 aliphatic heterocycles. The SMILES string of the molecule is CSc1ccccc1P(=S)(c1ccccc1)c1ccccc1.F[P-](F)(F)(F)(F)F.[CH3-].[CH3-].[CH3-].[Pt+4].c1ccc(P(c2ccccc2)c2ccccc2)cc1. The molecule has 0 unspecified atom stereocenters. The van der Waals surface area contributed by atoms with Crippen LogP contribution in [0.2, 0.25) is 0 Å². The molecule has 0 aliphatic rings. The van der Waals surface area contributed by atoms with Gasteiger partial charge < -0.3 is 22.3 Å². The van der Waals surface area contributed by atoms with Crippen LogP contribution in [0.5, 0.6) is 0 Å². The van der Waals surface area contributed by atoms with Gasteiger partial charge in [0.2, 0.25) is 0 Å². The number of benzene rings is 6. The third kappa shape index (κ3) is 15.8. The summed E-state index contributed by atoms with van der Waals surface area (Å²) in [6.07, 6.45) is 2.12. The first-order valence-electron chi connectivity index (χ1n) is 14.5. The first-order chi connectivity index (χ1) is 22.7. The van der Waals surface area contributed by atoms with E-state index in [0.29, 0.717) is 0 Å². The van der Waals surface area contributed by atoms with Gasteiger partial charge in [0.15, 0.2) is 0 Å². The van der Waals surface area contributed by atoms with Gasteiger partial charge >= 0.3 is 54.1 Å². The van der Waals surface area contributed by atoms with Gasteiger partial charge in [-0.3, -0.25) is 0 Å². The monoisotopic (exact) mass is 987 g/mol. The van der Waals surface area contributed by atoms with Crippen LogP contribution in [0.4, 0.5) is 25.2 Å². The summed E-state index contributed by atoms with van der Waals surface area (Å²) in [7, 11) is -11.1. The van der Waals surface area contributed by atoms with E-state index in [9.17, 15) is 25.2 Å². The van der Waals surface area contributed by atoms with E-state index >= 15 is 0 Å². The summed E-state index contributed by atoms with van der Waals surface area (Å²) in [6.45, 7) is 0. The fourth-order valence-corrected chi connectivity index (χ4v) is 12.4. The first-order valence-corrected chi connectivity index (χ1v) is 21.9. The largest absolute Gasteiger partial charge is 4.00 e. The standard InChI is InChI=1S/C19H17PS2.C18H15P.3CH3.F6P.Pt/c1-22-19-15-9-8-14-18(19)20(21,16-10-4-2-5-11-16)17-12-6-3-7-13-17;1-4-10-16(11-5-1)19(17-12-6-2-7-13-17)18-14-8-3-9-15-18;;;;1-7(2,3,4,5)6;/h2-15H,1H3;1-15H;3*1H3;;/q;;4*-1;+4. The van der Waals surface area contributed by atoms with Gasteiger partial charge in [-0.15, -0.1) is 11.8 Å². The van der Waals surface area contributed by atoms with Gasteiger partial charge in [-0.2, -0.15) is 0 Å². The van der Waals surface area contributed by atoms with Crippen molar-refractivity contribution in [1.29, 1.82) is 0 Å². The Balaban J connectivity index is 0.000000801. The number of rotatable bonds is 7. The molecule has 52 heavy (non-hydrogen) atoms. The molecule has 12 heteroatoms. The molecule has 6 rings (SSSR count). The summed E-state index contributed by atoms with van der Waals surface area (Å²) in [6, 6.07) is 60.0. The van der Waals surface area contributed by atoms with Crippen LogP contribution < -0.4 is 31.8 Å². The second kappa shape index (κ2) is 20.8. The van der Waals surface area contributed by atoms with Crippen LogP contribution in [-0.4, -0.2) is 6.26 Å². The van der Waals surface area contributed by atoms with Crippen LogP contribution in [0.25, 0.3) is 0 Å².